The third-order valence-electron chi connectivity index (χ3n) is 4.35. The van der Waals surface area contributed by atoms with E-state index >= 15 is 0 Å². The highest BCUT2D eigenvalue weighted by atomic mass is 32.1. The molecule has 144 valence electrons. The number of rotatable bonds is 5. The molecule has 3 rings (SSSR count). The van der Waals surface area contributed by atoms with E-state index in [-0.39, 0.29) is 10.6 Å². The van der Waals surface area contributed by atoms with E-state index in [1.54, 1.807) is 17.0 Å². The number of para-hydroxylation sites is 1. The molecule has 1 heterocycles. The van der Waals surface area contributed by atoms with Gasteiger partial charge >= 0.3 is 0 Å². The van der Waals surface area contributed by atoms with Gasteiger partial charge in [0.05, 0.1) is 26.4 Å². The van der Waals surface area contributed by atoms with Crippen LogP contribution in [0.5, 0.6) is 17.2 Å². The zero-order valence-electron chi connectivity index (χ0n) is 15.6. The van der Waals surface area contributed by atoms with E-state index < -0.39 is 12.1 Å². The van der Waals surface area contributed by atoms with Gasteiger partial charge in [-0.05, 0) is 24.3 Å². The number of nitriles is 1. The number of ether oxygens (including phenoxy) is 3. The quantitative estimate of drug-likeness (QED) is 0.755. The second kappa shape index (κ2) is 8.15. The number of carbonyl (C=O) groups excluding carboxylic acids is 1. The van der Waals surface area contributed by atoms with Gasteiger partial charge in [-0.3, -0.25) is 4.79 Å². The first kappa shape index (κ1) is 19.5. The maximum Gasteiger partial charge on any atom is 0.266 e. The fourth-order valence-corrected chi connectivity index (χ4v) is 3.44. The highest BCUT2D eigenvalue weighted by Crippen LogP contribution is 2.43. The van der Waals surface area contributed by atoms with Crippen LogP contribution in [0.1, 0.15) is 11.7 Å². The Bertz CT molecular complexity index is 944. The van der Waals surface area contributed by atoms with Crippen molar-refractivity contribution in [2.75, 3.05) is 26.2 Å². The minimum absolute atomic E-state index is 0.0594. The molecule has 0 bridgehead atoms. The van der Waals surface area contributed by atoms with E-state index in [1.807, 2.05) is 36.4 Å². The van der Waals surface area contributed by atoms with Crippen molar-refractivity contribution in [2.24, 2.45) is 0 Å². The molecular formula is C20H19N3O4S. The summed E-state index contributed by atoms with van der Waals surface area (Å²) in [5, 5.41) is 12.5. The van der Waals surface area contributed by atoms with E-state index in [0.29, 0.717) is 22.8 Å². The van der Waals surface area contributed by atoms with Gasteiger partial charge in [0.1, 0.15) is 17.8 Å². The third-order valence-corrected chi connectivity index (χ3v) is 4.79. The standard InChI is InChI=1S/C20H19N3O4S/c1-25-15-9-12(10-16(26-2)17(15)27-3)18-22-19(24)14(11-21)20(28)23(18)13-7-5-4-6-8-13/h4-10,18,28H,1-3H3,(H,22,24). The van der Waals surface area contributed by atoms with Crippen LogP contribution in [0.2, 0.25) is 0 Å². The molecule has 0 spiro atoms. The molecule has 0 radical (unpaired) electrons. The van der Waals surface area contributed by atoms with Gasteiger partial charge in [-0.2, -0.15) is 5.26 Å². The summed E-state index contributed by atoms with van der Waals surface area (Å²) in [6, 6.07) is 14.8. The molecule has 7 nitrogen and oxygen atoms in total. The number of benzene rings is 2. The van der Waals surface area contributed by atoms with Crippen LogP contribution in [0.25, 0.3) is 0 Å². The molecule has 2 aromatic rings. The van der Waals surface area contributed by atoms with Gasteiger partial charge in [0.25, 0.3) is 5.91 Å². The molecule has 8 heteroatoms. The zero-order valence-corrected chi connectivity index (χ0v) is 16.5. The predicted octanol–water partition coefficient (Wildman–Crippen LogP) is 3.01. The van der Waals surface area contributed by atoms with Crippen LogP contribution in [0.3, 0.4) is 0 Å². The van der Waals surface area contributed by atoms with Gasteiger partial charge in [0.2, 0.25) is 5.75 Å². The summed E-state index contributed by atoms with van der Waals surface area (Å²) >= 11 is 4.48. The van der Waals surface area contributed by atoms with Crippen LogP contribution in [-0.2, 0) is 4.79 Å². The average Bonchev–Trinajstić information content (AvgIpc) is 2.73. The Morgan fingerprint density at radius 2 is 1.68 bits per heavy atom. The monoisotopic (exact) mass is 397 g/mol. The van der Waals surface area contributed by atoms with Crippen molar-refractivity contribution < 1.29 is 19.0 Å². The number of amides is 1. The second-order valence-corrected chi connectivity index (χ2v) is 6.27. The molecule has 2 aromatic carbocycles. The molecule has 0 saturated heterocycles. The average molecular weight is 397 g/mol. The summed E-state index contributed by atoms with van der Waals surface area (Å²) in [6.45, 7) is 0. The number of nitrogens with zero attached hydrogens (tertiary/aromatic N) is 2. The normalized spacial score (nSPS) is 16.3. The molecule has 0 aliphatic carbocycles. The Kier molecular flexibility index (Phi) is 5.66. The third kappa shape index (κ3) is 3.32. The Labute approximate surface area is 168 Å². The molecule has 1 N–H and O–H groups in total. The van der Waals surface area contributed by atoms with Crippen LogP contribution < -0.4 is 24.4 Å². The molecule has 1 unspecified atom stereocenters. The summed E-state index contributed by atoms with van der Waals surface area (Å²) in [6.07, 6.45) is -0.631. The number of methoxy groups -OCH3 is 3. The van der Waals surface area contributed by atoms with Crippen molar-refractivity contribution in [3.05, 3.63) is 58.6 Å². The second-order valence-electron chi connectivity index (χ2n) is 5.85. The summed E-state index contributed by atoms with van der Waals surface area (Å²) in [5.41, 5.74) is 1.38. The SMILES string of the molecule is COc1cc(C2NC(=O)C(C#N)=C(S)N2c2ccccc2)cc(OC)c1OC. The lowest BCUT2D eigenvalue weighted by Gasteiger charge is -2.38. The number of hydrogen-bond donors (Lipinski definition) is 2. The van der Waals surface area contributed by atoms with E-state index in [9.17, 15) is 10.1 Å². The lowest BCUT2D eigenvalue weighted by Crippen LogP contribution is -2.46. The largest absolute Gasteiger partial charge is 0.493 e. The van der Waals surface area contributed by atoms with Crippen LogP contribution in [0, 0.1) is 11.3 Å². The van der Waals surface area contributed by atoms with E-state index in [4.69, 9.17) is 14.2 Å². The first-order valence-electron chi connectivity index (χ1n) is 8.34. The lowest BCUT2D eigenvalue weighted by atomic mass is 10.1. The van der Waals surface area contributed by atoms with Crippen molar-refractivity contribution in [1.82, 2.24) is 5.32 Å². The highest BCUT2D eigenvalue weighted by Gasteiger charge is 2.35. The maximum absolute atomic E-state index is 12.5. The number of hydrogen-bond acceptors (Lipinski definition) is 7. The Hall–Kier alpha value is -3.31. The van der Waals surface area contributed by atoms with Gasteiger partial charge < -0.3 is 24.4 Å². The Morgan fingerprint density at radius 3 is 2.18 bits per heavy atom. The first-order valence-corrected chi connectivity index (χ1v) is 8.78. The van der Waals surface area contributed by atoms with E-state index in [1.165, 1.54) is 21.3 Å². The topological polar surface area (TPSA) is 83.8 Å². The van der Waals surface area contributed by atoms with Crippen molar-refractivity contribution in [1.29, 1.82) is 5.26 Å². The summed E-state index contributed by atoms with van der Waals surface area (Å²) in [5.74, 6) is 0.852. The number of anilines is 1. The fraction of sp³-hybridized carbons (Fsp3) is 0.200. The molecule has 1 aliphatic rings. The summed E-state index contributed by atoms with van der Waals surface area (Å²) in [7, 11) is 4.56. The zero-order chi connectivity index (χ0) is 20.3. The molecular weight excluding hydrogens is 378 g/mol. The first-order chi connectivity index (χ1) is 13.5. The van der Waals surface area contributed by atoms with Crippen molar-refractivity contribution in [3.8, 4) is 23.3 Å². The summed E-state index contributed by atoms with van der Waals surface area (Å²) in [4.78, 5) is 14.2. The number of nitrogens with one attached hydrogen (secondary N) is 1. The van der Waals surface area contributed by atoms with Crippen molar-refractivity contribution in [3.63, 3.8) is 0 Å². The van der Waals surface area contributed by atoms with E-state index in [2.05, 4.69) is 17.9 Å². The highest BCUT2D eigenvalue weighted by molar-refractivity contribution is 7.84. The molecule has 0 fully saturated rings. The summed E-state index contributed by atoms with van der Waals surface area (Å²) < 4.78 is 16.2. The minimum Gasteiger partial charge on any atom is -0.493 e. The number of carbonyl (C=O) groups is 1. The van der Waals surface area contributed by atoms with Gasteiger partial charge in [-0.25, -0.2) is 0 Å². The van der Waals surface area contributed by atoms with Crippen LogP contribution in [-0.4, -0.2) is 27.2 Å². The van der Waals surface area contributed by atoms with Crippen LogP contribution >= 0.6 is 12.6 Å². The predicted molar refractivity (Wildman–Crippen MR) is 108 cm³/mol. The van der Waals surface area contributed by atoms with Gasteiger partial charge in [0, 0.05) is 11.3 Å². The maximum atomic E-state index is 12.5. The smallest absolute Gasteiger partial charge is 0.266 e. The fourth-order valence-electron chi connectivity index (χ4n) is 3.06. The number of thiol groups is 1. The van der Waals surface area contributed by atoms with E-state index in [0.717, 1.165) is 5.69 Å². The van der Waals surface area contributed by atoms with Crippen molar-refractivity contribution >= 4 is 24.2 Å². The van der Waals surface area contributed by atoms with Crippen LogP contribution in [0.4, 0.5) is 5.69 Å². The minimum atomic E-state index is -0.631. The van der Waals surface area contributed by atoms with Gasteiger partial charge in [0.15, 0.2) is 11.5 Å². The van der Waals surface area contributed by atoms with Gasteiger partial charge in [-0.1, -0.05) is 18.2 Å². The lowest BCUT2D eigenvalue weighted by molar-refractivity contribution is -0.118. The van der Waals surface area contributed by atoms with Crippen LogP contribution in [0.15, 0.2) is 53.1 Å². The molecule has 0 saturated carbocycles. The molecule has 1 atom stereocenters. The Morgan fingerprint density at radius 1 is 1.07 bits per heavy atom. The van der Waals surface area contributed by atoms with Gasteiger partial charge in [-0.15, -0.1) is 12.6 Å². The molecule has 1 amide bonds. The molecule has 28 heavy (non-hydrogen) atoms. The molecule has 1 aliphatic heterocycles. The Balaban J connectivity index is 2.21. The van der Waals surface area contributed by atoms with Crippen molar-refractivity contribution in [2.45, 2.75) is 6.17 Å². The molecule has 0 aromatic heterocycles.